The molecular weight excluding hydrogens is 240 g/mol. The van der Waals surface area contributed by atoms with Gasteiger partial charge in [-0.25, -0.2) is 0 Å². The van der Waals surface area contributed by atoms with Gasteiger partial charge in [-0.2, -0.15) is 0 Å². The minimum Gasteiger partial charge on any atom is -0.378 e. The van der Waals surface area contributed by atoms with Crippen molar-refractivity contribution in [2.24, 2.45) is 17.8 Å². The van der Waals surface area contributed by atoms with Crippen LogP contribution in [-0.4, -0.2) is 18.0 Å². The fourth-order valence-corrected chi connectivity index (χ4v) is 2.54. The molecule has 1 fully saturated rings. The summed E-state index contributed by atoms with van der Waals surface area (Å²) in [5.41, 5.74) is 0. The highest BCUT2D eigenvalue weighted by atomic mass is 79.9. The van der Waals surface area contributed by atoms with Crippen molar-refractivity contribution in [3.05, 3.63) is 0 Å². The molecule has 0 heterocycles. The summed E-state index contributed by atoms with van der Waals surface area (Å²) < 4.78 is 5.95. The van der Waals surface area contributed by atoms with Crippen LogP contribution in [0.5, 0.6) is 0 Å². The number of ether oxygens (including phenoxy) is 1. The summed E-state index contributed by atoms with van der Waals surface area (Å²) in [5, 5.41) is 1.05. The van der Waals surface area contributed by atoms with E-state index in [9.17, 15) is 0 Å². The maximum absolute atomic E-state index is 5.95. The molecule has 0 N–H and O–H groups in total. The molecule has 0 amide bonds. The maximum atomic E-state index is 5.95. The summed E-state index contributed by atoms with van der Waals surface area (Å²) in [5.74, 6) is 2.34. The Labute approximate surface area is 96.7 Å². The monoisotopic (exact) mass is 262 g/mol. The first-order chi connectivity index (χ1) is 6.61. The topological polar surface area (TPSA) is 9.23 Å². The second-order valence-corrected chi connectivity index (χ2v) is 5.78. The number of rotatable bonds is 4. The van der Waals surface area contributed by atoms with Gasteiger partial charge in [0.2, 0.25) is 0 Å². The molecule has 0 aromatic carbocycles. The van der Waals surface area contributed by atoms with Crippen molar-refractivity contribution in [2.45, 2.75) is 46.1 Å². The summed E-state index contributed by atoms with van der Waals surface area (Å²) in [7, 11) is 0. The summed E-state index contributed by atoms with van der Waals surface area (Å²) in [6.07, 6.45) is 4.43. The van der Waals surface area contributed by atoms with E-state index in [4.69, 9.17) is 4.74 Å². The molecule has 0 spiro atoms. The minimum absolute atomic E-state index is 0.523. The number of hydrogen-bond acceptors (Lipinski definition) is 1. The van der Waals surface area contributed by atoms with Crippen molar-refractivity contribution in [1.82, 2.24) is 0 Å². The van der Waals surface area contributed by atoms with Crippen LogP contribution in [0.4, 0.5) is 0 Å². The number of hydrogen-bond donors (Lipinski definition) is 0. The second kappa shape index (κ2) is 6.12. The zero-order valence-electron chi connectivity index (χ0n) is 9.63. The third kappa shape index (κ3) is 4.31. The van der Waals surface area contributed by atoms with Crippen LogP contribution in [-0.2, 0) is 4.74 Å². The average Bonchev–Trinajstić information content (AvgIpc) is 2.12. The van der Waals surface area contributed by atoms with Gasteiger partial charge in [-0.3, -0.25) is 0 Å². The molecule has 0 saturated heterocycles. The molecule has 1 rings (SSSR count). The van der Waals surface area contributed by atoms with Gasteiger partial charge in [0.15, 0.2) is 0 Å². The molecule has 84 valence electrons. The lowest BCUT2D eigenvalue weighted by Gasteiger charge is -2.31. The van der Waals surface area contributed by atoms with Crippen molar-refractivity contribution in [3.63, 3.8) is 0 Å². The molecule has 1 saturated carbocycles. The second-order valence-electron chi connectivity index (χ2n) is 5.13. The Morgan fingerprint density at radius 3 is 2.29 bits per heavy atom. The van der Waals surface area contributed by atoms with Gasteiger partial charge in [-0.05, 0) is 37.0 Å². The molecule has 3 unspecified atom stereocenters. The van der Waals surface area contributed by atoms with Crippen LogP contribution in [0.1, 0.15) is 40.0 Å². The van der Waals surface area contributed by atoms with Gasteiger partial charge < -0.3 is 4.74 Å². The van der Waals surface area contributed by atoms with E-state index in [-0.39, 0.29) is 0 Å². The molecule has 0 aromatic rings. The Kier molecular flexibility index (Phi) is 5.47. The van der Waals surface area contributed by atoms with Gasteiger partial charge in [0, 0.05) is 5.33 Å². The molecule has 14 heavy (non-hydrogen) atoms. The van der Waals surface area contributed by atoms with E-state index in [1.54, 1.807) is 0 Å². The first-order valence-electron chi connectivity index (χ1n) is 5.79. The van der Waals surface area contributed by atoms with Gasteiger partial charge in [-0.1, -0.05) is 36.7 Å². The largest absolute Gasteiger partial charge is 0.378 e. The molecule has 0 aliphatic heterocycles. The van der Waals surface area contributed by atoms with Crippen LogP contribution in [0.15, 0.2) is 0 Å². The number of alkyl halides is 1. The van der Waals surface area contributed by atoms with E-state index in [0.717, 1.165) is 23.8 Å². The van der Waals surface area contributed by atoms with Crippen LogP contribution in [0.2, 0.25) is 0 Å². The van der Waals surface area contributed by atoms with E-state index in [0.29, 0.717) is 12.0 Å². The Morgan fingerprint density at radius 2 is 1.79 bits per heavy atom. The lowest BCUT2D eigenvalue weighted by atomic mass is 9.82. The first-order valence-corrected chi connectivity index (χ1v) is 6.91. The fourth-order valence-electron chi connectivity index (χ4n) is 2.35. The van der Waals surface area contributed by atoms with Crippen molar-refractivity contribution < 1.29 is 4.74 Å². The summed E-state index contributed by atoms with van der Waals surface area (Å²) in [4.78, 5) is 0. The van der Waals surface area contributed by atoms with Crippen molar-refractivity contribution >= 4 is 15.9 Å². The average molecular weight is 263 g/mol. The molecule has 0 aromatic heterocycles. The van der Waals surface area contributed by atoms with E-state index in [1.807, 2.05) is 0 Å². The quantitative estimate of drug-likeness (QED) is 0.700. The summed E-state index contributed by atoms with van der Waals surface area (Å²) in [6, 6.07) is 0. The zero-order chi connectivity index (χ0) is 10.6. The SMILES string of the molecule is CC(CBr)COC1CC(C)CC(C)C1. The summed E-state index contributed by atoms with van der Waals surface area (Å²) in [6.45, 7) is 7.83. The van der Waals surface area contributed by atoms with Gasteiger partial charge in [0.25, 0.3) is 0 Å². The predicted molar refractivity (Wildman–Crippen MR) is 64.9 cm³/mol. The van der Waals surface area contributed by atoms with Crippen molar-refractivity contribution in [3.8, 4) is 0 Å². The maximum Gasteiger partial charge on any atom is 0.0580 e. The molecule has 2 heteroatoms. The molecule has 1 aliphatic rings. The highest BCUT2D eigenvalue weighted by molar-refractivity contribution is 9.09. The smallest absolute Gasteiger partial charge is 0.0580 e. The standard InChI is InChI=1S/C12H23BrO/c1-9-4-10(2)6-12(5-9)14-8-11(3)7-13/h9-12H,4-8H2,1-3H3. The zero-order valence-corrected chi connectivity index (χ0v) is 11.2. The molecule has 0 radical (unpaired) electrons. The van der Waals surface area contributed by atoms with Crippen molar-refractivity contribution in [2.75, 3.05) is 11.9 Å². The lowest BCUT2D eigenvalue weighted by molar-refractivity contribution is -0.0102. The highest BCUT2D eigenvalue weighted by Gasteiger charge is 2.24. The Bertz CT molecular complexity index is 150. The van der Waals surface area contributed by atoms with E-state index in [2.05, 4.69) is 36.7 Å². The third-order valence-corrected chi connectivity index (χ3v) is 4.12. The van der Waals surface area contributed by atoms with Crippen molar-refractivity contribution in [1.29, 1.82) is 0 Å². The molecule has 1 nitrogen and oxygen atoms in total. The van der Waals surface area contributed by atoms with Crippen LogP contribution in [0.3, 0.4) is 0 Å². The first kappa shape index (κ1) is 12.5. The normalized spacial score (nSPS) is 35.6. The molecular formula is C12H23BrO. The third-order valence-electron chi connectivity index (χ3n) is 3.02. The summed E-state index contributed by atoms with van der Waals surface area (Å²) >= 11 is 3.48. The predicted octanol–water partition coefficient (Wildman–Crippen LogP) is 3.86. The number of halogens is 1. The molecule has 1 aliphatic carbocycles. The highest BCUT2D eigenvalue weighted by Crippen LogP contribution is 2.30. The van der Waals surface area contributed by atoms with Crippen LogP contribution < -0.4 is 0 Å². The van der Waals surface area contributed by atoms with Gasteiger partial charge in [0.05, 0.1) is 12.7 Å². The molecule has 3 atom stereocenters. The van der Waals surface area contributed by atoms with Gasteiger partial charge >= 0.3 is 0 Å². The lowest BCUT2D eigenvalue weighted by Crippen LogP contribution is -2.27. The van der Waals surface area contributed by atoms with Crippen LogP contribution >= 0.6 is 15.9 Å². The van der Waals surface area contributed by atoms with E-state index >= 15 is 0 Å². The van der Waals surface area contributed by atoms with E-state index in [1.165, 1.54) is 19.3 Å². The van der Waals surface area contributed by atoms with Gasteiger partial charge in [-0.15, -0.1) is 0 Å². The van der Waals surface area contributed by atoms with Crippen LogP contribution in [0, 0.1) is 17.8 Å². The molecule has 0 bridgehead atoms. The Morgan fingerprint density at radius 1 is 1.21 bits per heavy atom. The fraction of sp³-hybridized carbons (Fsp3) is 1.00. The minimum atomic E-state index is 0.523. The van der Waals surface area contributed by atoms with E-state index < -0.39 is 0 Å². The van der Waals surface area contributed by atoms with Crippen LogP contribution in [0.25, 0.3) is 0 Å². The Balaban J connectivity index is 2.23. The Hall–Kier alpha value is 0.440. The van der Waals surface area contributed by atoms with Gasteiger partial charge in [0.1, 0.15) is 0 Å².